The van der Waals surface area contributed by atoms with Crippen molar-refractivity contribution in [2.24, 2.45) is 0 Å². The number of alkyl halides is 3. The van der Waals surface area contributed by atoms with E-state index in [-0.39, 0.29) is 12.6 Å². The summed E-state index contributed by atoms with van der Waals surface area (Å²) in [6.45, 7) is 5.08. The summed E-state index contributed by atoms with van der Waals surface area (Å²) in [5, 5.41) is 5.60. The van der Waals surface area contributed by atoms with Gasteiger partial charge in [-0.25, -0.2) is 4.79 Å². The Morgan fingerprint density at radius 3 is 2.48 bits per heavy atom. The van der Waals surface area contributed by atoms with Gasteiger partial charge in [0.25, 0.3) is 0 Å². The van der Waals surface area contributed by atoms with Crippen molar-refractivity contribution in [3.63, 3.8) is 0 Å². The molecule has 2 amide bonds. The van der Waals surface area contributed by atoms with Gasteiger partial charge in [-0.05, 0) is 44.4 Å². The molecular weight excluding hydrogens is 385 g/mol. The summed E-state index contributed by atoms with van der Waals surface area (Å²) in [6, 6.07) is 6.84. The number of aryl methyl sites for hydroxylation is 2. The monoisotopic (exact) mass is 410 g/mol. The second kappa shape index (κ2) is 8.49. The molecule has 0 aliphatic carbocycles. The number of hydrogen-bond acceptors (Lipinski definition) is 3. The fourth-order valence-electron chi connectivity index (χ4n) is 3.70. The van der Waals surface area contributed by atoms with Crippen LogP contribution in [0, 0.1) is 13.8 Å². The van der Waals surface area contributed by atoms with Gasteiger partial charge >= 0.3 is 12.2 Å². The summed E-state index contributed by atoms with van der Waals surface area (Å²) in [7, 11) is 0. The van der Waals surface area contributed by atoms with Crippen LogP contribution >= 0.6 is 0 Å². The van der Waals surface area contributed by atoms with Crippen molar-refractivity contribution in [3.8, 4) is 0 Å². The second-order valence-corrected chi connectivity index (χ2v) is 7.45. The highest BCUT2D eigenvalue weighted by Crippen LogP contribution is 2.37. The second-order valence-electron chi connectivity index (χ2n) is 7.45. The molecule has 29 heavy (non-hydrogen) atoms. The Morgan fingerprint density at radius 2 is 1.86 bits per heavy atom. The summed E-state index contributed by atoms with van der Waals surface area (Å²) in [6.07, 6.45) is -3.34. The number of carbonyl (C=O) groups is 1. The number of nitrogens with one attached hydrogen (secondary N) is 2. The smallest absolute Gasteiger partial charge is 0.416 e. The van der Waals surface area contributed by atoms with Crippen molar-refractivity contribution in [3.05, 3.63) is 58.5 Å². The zero-order valence-corrected chi connectivity index (χ0v) is 16.5. The lowest BCUT2D eigenvalue weighted by molar-refractivity contribution is -0.137. The molecule has 0 spiro atoms. The first kappa shape index (κ1) is 21.2. The van der Waals surface area contributed by atoms with Gasteiger partial charge in [0.05, 0.1) is 5.56 Å². The van der Waals surface area contributed by atoms with E-state index < -0.39 is 17.2 Å². The Morgan fingerprint density at radius 1 is 1.14 bits per heavy atom. The van der Waals surface area contributed by atoms with Crippen LogP contribution in [0.15, 0.2) is 34.7 Å². The molecule has 2 aromatic rings. The molecule has 1 saturated heterocycles. The standard InChI is InChI=1S/C21H25F3N2O3/c1-14-10-16(15(2)29-14)12-25-19(27)26-13-20(6-8-28-9-7-20)17-4-3-5-18(11-17)21(22,23)24/h3-5,10-11H,6-9,12-13H2,1-2H3,(H2,25,26,27). The van der Waals surface area contributed by atoms with Crippen LogP contribution in [0.3, 0.4) is 0 Å². The number of ether oxygens (including phenoxy) is 1. The van der Waals surface area contributed by atoms with Gasteiger partial charge in [-0.1, -0.05) is 18.2 Å². The van der Waals surface area contributed by atoms with E-state index in [1.807, 2.05) is 19.9 Å². The van der Waals surface area contributed by atoms with Crippen molar-refractivity contribution in [2.75, 3.05) is 19.8 Å². The van der Waals surface area contributed by atoms with Gasteiger partial charge in [0.1, 0.15) is 11.5 Å². The Bertz CT molecular complexity index is 855. The van der Waals surface area contributed by atoms with Crippen molar-refractivity contribution >= 4 is 6.03 Å². The van der Waals surface area contributed by atoms with Crippen LogP contribution in [0.25, 0.3) is 0 Å². The molecule has 1 fully saturated rings. The fraction of sp³-hybridized carbons (Fsp3) is 0.476. The molecule has 0 unspecified atom stereocenters. The first-order valence-corrected chi connectivity index (χ1v) is 9.53. The zero-order chi connectivity index (χ0) is 21.1. The average Bonchev–Trinajstić information content (AvgIpc) is 3.02. The van der Waals surface area contributed by atoms with Gasteiger partial charge in [0.15, 0.2) is 0 Å². The molecule has 5 nitrogen and oxygen atoms in total. The van der Waals surface area contributed by atoms with Crippen molar-refractivity contribution in [1.82, 2.24) is 10.6 Å². The number of benzene rings is 1. The lowest BCUT2D eigenvalue weighted by Gasteiger charge is -2.38. The Labute approximate surface area is 167 Å². The number of halogens is 3. The summed E-state index contributed by atoms with van der Waals surface area (Å²) in [4.78, 5) is 12.3. The van der Waals surface area contributed by atoms with Crippen LogP contribution in [-0.2, 0) is 22.9 Å². The minimum Gasteiger partial charge on any atom is -0.466 e. The highest BCUT2D eigenvalue weighted by Gasteiger charge is 2.37. The van der Waals surface area contributed by atoms with Gasteiger partial charge in [-0.2, -0.15) is 13.2 Å². The third kappa shape index (κ3) is 5.12. The van der Waals surface area contributed by atoms with E-state index in [0.29, 0.717) is 38.2 Å². The van der Waals surface area contributed by atoms with E-state index in [1.165, 1.54) is 12.1 Å². The molecule has 1 aliphatic heterocycles. The Hall–Kier alpha value is -2.48. The molecule has 2 N–H and O–H groups in total. The van der Waals surface area contributed by atoms with Gasteiger partial charge < -0.3 is 19.8 Å². The van der Waals surface area contributed by atoms with Crippen molar-refractivity contribution in [1.29, 1.82) is 0 Å². The van der Waals surface area contributed by atoms with Crippen LogP contribution in [0.4, 0.5) is 18.0 Å². The number of furan rings is 1. The molecular formula is C21H25F3N2O3. The van der Waals surface area contributed by atoms with E-state index in [1.54, 1.807) is 6.07 Å². The number of urea groups is 1. The molecule has 2 heterocycles. The lowest BCUT2D eigenvalue weighted by Crippen LogP contribution is -2.47. The van der Waals surface area contributed by atoms with E-state index in [2.05, 4.69) is 10.6 Å². The summed E-state index contributed by atoms with van der Waals surface area (Å²) < 4.78 is 50.3. The number of rotatable bonds is 5. The SMILES string of the molecule is Cc1cc(CNC(=O)NCC2(c3cccc(C(F)(F)F)c3)CCOCC2)c(C)o1. The molecule has 0 saturated carbocycles. The lowest BCUT2D eigenvalue weighted by atomic mass is 9.73. The molecule has 0 radical (unpaired) electrons. The molecule has 158 valence electrons. The van der Waals surface area contributed by atoms with Gasteiger partial charge in [-0.15, -0.1) is 0 Å². The van der Waals surface area contributed by atoms with Crippen LogP contribution in [0.2, 0.25) is 0 Å². The third-order valence-electron chi connectivity index (χ3n) is 5.42. The predicted molar refractivity (Wildman–Crippen MR) is 102 cm³/mol. The van der Waals surface area contributed by atoms with Crippen LogP contribution in [-0.4, -0.2) is 25.8 Å². The Kier molecular flexibility index (Phi) is 6.21. The maximum Gasteiger partial charge on any atom is 0.416 e. The zero-order valence-electron chi connectivity index (χ0n) is 16.5. The number of amides is 2. The van der Waals surface area contributed by atoms with Gasteiger partial charge in [0.2, 0.25) is 0 Å². The van der Waals surface area contributed by atoms with E-state index >= 15 is 0 Å². The Balaban J connectivity index is 1.69. The average molecular weight is 410 g/mol. The third-order valence-corrected chi connectivity index (χ3v) is 5.42. The predicted octanol–water partition coefficient (Wildman–Crippen LogP) is 4.46. The van der Waals surface area contributed by atoms with Crippen molar-refractivity contribution < 1.29 is 27.1 Å². The maximum atomic E-state index is 13.2. The highest BCUT2D eigenvalue weighted by atomic mass is 19.4. The maximum absolute atomic E-state index is 13.2. The quantitative estimate of drug-likeness (QED) is 0.765. The largest absolute Gasteiger partial charge is 0.466 e. The van der Waals surface area contributed by atoms with Crippen LogP contribution < -0.4 is 10.6 Å². The fourth-order valence-corrected chi connectivity index (χ4v) is 3.70. The number of carbonyl (C=O) groups excluding carboxylic acids is 1. The summed E-state index contributed by atoms with van der Waals surface area (Å²) in [5.41, 5.74) is 0.170. The van der Waals surface area contributed by atoms with Gasteiger partial charge in [0, 0.05) is 37.3 Å². The molecule has 8 heteroatoms. The summed E-state index contributed by atoms with van der Waals surface area (Å²) in [5.74, 6) is 1.51. The molecule has 0 atom stereocenters. The van der Waals surface area contributed by atoms with E-state index in [9.17, 15) is 18.0 Å². The summed E-state index contributed by atoms with van der Waals surface area (Å²) >= 11 is 0. The highest BCUT2D eigenvalue weighted by molar-refractivity contribution is 5.74. The normalized spacial score (nSPS) is 16.4. The molecule has 1 aromatic heterocycles. The molecule has 1 aliphatic rings. The van der Waals surface area contributed by atoms with E-state index in [4.69, 9.17) is 9.15 Å². The topological polar surface area (TPSA) is 63.5 Å². The first-order valence-electron chi connectivity index (χ1n) is 9.53. The van der Waals surface area contributed by atoms with Crippen molar-refractivity contribution in [2.45, 2.75) is 44.8 Å². The van der Waals surface area contributed by atoms with Crippen LogP contribution in [0.5, 0.6) is 0 Å². The molecule has 1 aromatic carbocycles. The first-order chi connectivity index (χ1) is 13.7. The minimum absolute atomic E-state index is 0.229. The molecule has 0 bridgehead atoms. The van der Waals surface area contributed by atoms with Gasteiger partial charge in [-0.3, -0.25) is 0 Å². The minimum atomic E-state index is -4.41. The number of hydrogen-bond donors (Lipinski definition) is 2. The van der Waals surface area contributed by atoms with Crippen LogP contribution in [0.1, 0.15) is 41.1 Å². The van der Waals surface area contributed by atoms with E-state index in [0.717, 1.165) is 23.2 Å². The molecule has 3 rings (SSSR count).